The summed E-state index contributed by atoms with van der Waals surface area (Å²) in [5, 5.41) is 11.1. The summed E-state index contributed by atoms with van der Waals surface area (Å²) in [7, 11) is 0. The Labute approximate surface area is 149 Å². The number of hydrogen-bond donors (Lipinski definition) is 1. The molecule has 2 aliphatic rings. The van der Waals surface area contributed by atoms with Crippen molar-refractivity contribution in [1.29, 1.82) is 0 Å². The smallest absolute Gasteiger partial charge is 0.208 e. The van der Waals surface area contributed by atoms with Gasteiger partial charge in [-0.05, 0) is 43.7 Å². The van der Waals surface area contributed by atoms with Crippen LogP contribution in [0, 0.1) is 23.0 Å². The van der Waals surface area contributed by atoms with Crippen LogP contribution in [0.25, 0.3) is 0 Å². The number of rotatable bonds is 3. The molecule has 132 valence electrons. The summed E-state index contributed by atoms with van der Waals surface area (Å²) in [6.07, 6.45) is 11.0. The number of anilines is 1. The van der Waals surface area contributed by atoms with Crippen LogP contribution < -0.4 is 10.4 Å². The second-order valence-corrected chi connectivity index (χ2v) is 6.79. The molecule has 1 aromatic heterocycles. The summed E-state index contributed by atoms with van der Waals surface area (Å²) in [5.74, 6) is 6.83. The Morgan fingerprint density at radius 1 is 1.28 bits per heavy atom. The first kappa shape index (κ1) is 17.7. The normalized spacial score (nSPS) is 18.4. The first-order valence-electron chi connectivity index (χ1n) is 9.16. The van der Waals surface area contributed by atoms with E-state index in [1.807, 2.05) is 6.08 Å². The van der Waals surface area contributed by atoms with E-state index in [2.05, 4.69) is 21.7 Å². The molecule has 2 heterocycles. The molecular weight excluding hydrogens is 314 g/mol. The predicted octanol–water partition coefficient (Wildman–Crippen LogP) is 2.45. The fourth-order valence-electron chi connectivity index (χ4n) is 3.59. The van der Waals surface area contributed by atoms with Crippen LogP contribution in [-0.2, 0) is 4.79 Å². The van der Waals surface area contributed by atoms with Gasteiger partial charge in [0.15, 0.2) is 11.5 Å². The molecule has 2 N–H and O–H groups in total. The van der Waals surface area contributed by atoms with Crippen LogP contribution in [0.4, 0.5) is 11.5 Å². The summed E-state index contributed by atoms with van der Waals surface area (Å²) in [6, 6.07) is 3.57. The monoisotopic (exact) mass is 339 g/mol. The van der Waals surface area contributed by atoms with E-state index in [1.165, 1.54) is 12.0 Å². The number of allylic oxidation sites excluding steroid dienone is 1. The lowest BCUT2D eigenvalue weighted by Crippen LogP contribution is -2.70. The molecule has 0 atom stereocenters. The number of Topliss-reactive ketones (excluding diaryl/α,β-unsaturated/α-hetero) is 1. The van der Waals surface area contributed by atoms with Gasteiger partial charge >= 0.3 is 0 Å². The number of aromatic nitrogens is 1. The minimum Gasteiger partial charge on any atom is -0.630 e. The van der Waals surface area contributed by atoms with Gasteiger partial charge in [0.25, 0.3) is 0 Å². The molecule has 1 saturated heterocycles. The topological polar surface area (TPSA) is 72.9 Å². The van der Waals surface area contributed by atoms with Gasteiger partial charge in [-0.1, -0.05) is 30.8 Å². The van der Waals surface area contributed by atoms with E-state index in [0.717, 1.165) is 62.9 Å². The van der Waals surface area contributed by atoms with Gasteiger partial charge in [-0.3, -0.25) is 4.79 Å². The molecule has 0 radical (unpaired) electrons. The highest BCUT2D eigenvalue weighted by Gasteiger charge is 2.20. The highest BCUT2D eigenvalue weighted by atomic mass is 16.5. The number of nitrogens with two attached hydrogens (primary N) is 1. The number of pyridine rings is 1. The molecule has 0 spiro atoms. The minimum absolute atomic E-state index is 0.109. The third-order valence-electron chi connectivity index (χ3n) is 5.10. The van der Waals surface area contributed by atoms with Crippen molar-refractivity contribution in [1.82, 2.24) is 4.98 Å². The van der Waals surface area contributed by atoms with Crippen LogP contribution >= 0.6 is 0 Å². The summed E-state index contributed by atoms with van der Waals surface area (Å²) < 4.78 is 0. The standard InChI is InChI=1S/C20H25N3O2/c24-19(17-7-2-1-3-8-17)10-4-6-16-11-14-23(15-12-16)20-18(22-25)9-5-13-21-20/h5-6,9,13,17H,1-3,7-8,11-12,14-15,22H2. The number of quaternary nitrogens is 1. The number of nitrogens with zero attached hydrogens (tertiary/aromatic N) is 2. The van der Waals surface area contributed by atoms with Crippen molar-refractivity contribution >= 4 is 17.3 Å². The third kappa shape index (κ3) is 4.68. The van der Waals surface area contributed by atoms with E-state index < -0.39 is 0 Å². The predicted molar refractivity (Wildman–Crippen MR) is 98.1 cm³/mol. The summed E-state index contributed by atoms with van der Waals surface area (Å²) in [5.41, 5.74) is 2.76. The Kier molecular flexibility index (Phi) is 6.21. The lowest BCUT2D eigenvalue weighted by atomic mass is 9.86. The van der Waals surface area contributed by atoms with Crippen LogP contribution in [0.3, 0.4) is 0 Å². The van der Waals surface area contributed by atoms with Gasteiger partial charge in [0.2, 0.25) is 5.78 Å². The van der Waals surface area contributed by atoms with E-state index in [0.29, 0.717) is 5.69 Å². The molecule has 0 unspecified atom stereocenters. The zero-order valence-electron chi connectivity index (χ0n) is 14.5. The van der Waals surface area contributed by atoms with Crippen LogP contribution in [0.15, 0.2) is 30.0 Å². The Morgan fingerprint density at radius 3 is 2.76 bits per heavy atom. The van der Waals surface area contributed by atoms with Gasteiger partial charge in [0, 0.05) is 31.3 Å². The Balaban J connectivity index is 1.54. The molecule has 1 saturated carbocycles. The van der Waals surface area contributed by atoms with Gasteiger partial charge in [0.05, 0.1) is 0 Å². The molecule has 25 heavy (non-hydrogen) atoms. The summed E-state index contributed by atoms with van der Waals surface area (Å²) >= 11 is 0. The molecule has 0 amide bonds. The van der Waals surface area contributed by atoms with Gasteiger partial charge in [0.1, 0.15) is 0 Å². The van der Waals surface area contributed by atoms with Crippen LogP contribution in [0.5, 0.6) is 0 Å². The van der Waals surface area contributed by atoms with Crippen LogP contribution in [0.2, 0.25) is 0 Å². The maximum Gasteiger partial charge on any atom is 0.208 e. The Hall–Kier alpha value is -2.16. The first-order valence-corrected chi connectivity index (χ1v) is 9.16. The molecule has 1 aliphatic heterocycles. The van der Waals surface area contributed by atoms with Gasteiger partial charge in [-0.15, -0.1) is 0 Å². The van der Waals surface area contributed by atoms with Gasteiger partial charge in [-0.2, -0.15) is 0 Å². The average molecular weight is 339 g/mol. The highest BCUT2D eigenvalue weighted by molar-refractivity contribution is 5.97. The van der Waals surface area contributed by atoms with Crippen molar-refractivity contribution in [2.45, 2.75) is 44.9 Å². The minimum atomic E-state index is 0.109. The maximum absolute atomic E-state index is 12.1. The Bertz CT molecular complexity index is 686. The van der Waals surface area contributed by atoms with Gasteiger partial charge < -0.3 is 15.6 Å². The third-order valence-corrected chi connectivity index (χ3v) is 5.10. The second kappa shape index (κ2) is 8.80. The van der Waals surface area contributed by atoms with Crippen molar-refractivity contribution in [2.75, 3.05) is 18.0 Å². The lowest BCUT2D eigenvalue weighted by molar-refractivity contribution is -0.496. The van der Waals surface area contributed by atoms with Crippen molar-refractivity contribution in [2.24, 2.45) is 5.92 Å². The molecule has 0 aromatic carbocycles. The average Bonchev–Trinajstić information content (AvgIpc) is 2.69. The van der Waals surface area contributed by atoms with E-state index in [9.17, 15) is 10.0 Å². The number of piperidine rings is 1. The molecular formula is C20H25N3O2. The Morgan fingerprint density at radius 2 is 2.04 bits per heavy atom. The SMILES string of the molecule is O=C(C#CC=C1CCN(c2ncccc2[NH2+][O-])CC1)C1CCCCC1. The summed E-state index contributed by atoms with van der Waals surface area (Å²) in [6.45, 7) is 1.64. The molecule has 1 aromatic rings. The largest absolute Gasteiger partial charge is 0.630 e. The first-order chi connectivity index (χ1) is 12.3. The summed E-state index contributed by atoms with van der Waals surface area (Å²) in [4.78, 5) is 18.6. The number of ketones is 1. The highest BCUT2D eigenvalue weighted by Crippen LogP contribution is 2.25. The number of carbonyl (C=O) groups excluding carboxylic acids is 1. The second-order valence-electron chi connectivity index (χ2n) is 6.79. The maximum atomic E-state index is 12.1. The number of hydrogen-bond acceptors (Lipinski definition) is 4. The van der Waals surface area contributed by atoms with Gasteiger partial charge in [-0.25, -0.2) is 4.98 Å². The van der Waals surface area contributed by atoms with E-state index in [1.54, 1.807) is 18.3 Å². The molecule has 1 aliphatic carbocycles. The lowest BCUT2D eigenvalue weighted by Gasteiger charge is -2.29. The molecule has 5 nitrogen and oxygen atoms in total. The van der Waals surface area contributed by atoms with E-state index >= 15 is 0 Å². The molecule has 2 fully saturated rings. The molecule has 3 rings (SSSR count). The van der Waals surface area contributed by atoms with E-state index in [-0.39, 0.29) is 11.7 Å². The molecule has 5 heteroatoms. The number of carbonyl (C=O) groups is 1. The van der Waals surface area contributed by atoms with Crippen molar-refractivity contribution in [3.8, 4) is 11.8 Å². The zero-order chi connectivity index (χ0) is 17.5. The van der Waals surface area contributed by atoms with Crippen molar-refractivity contribution in [3.05, 3.63) is 35.2 Å². The quantitative estimate of drug-likeness (QED) is 0.521. The molecule has 0 bridgehead atoms. The zero-order valence-corrected chi connectivity index (χ0v) is 14.5. The van der Waals surface area contributed by atoms with Crippen LogP contribution in [-0.4, -0.2) is 23.9 Å². The fraction of sp³-hybridized carbons (Fsp3) is 0.500. The van der Waals surface area contributed by atoms with Crippen LogP contribution in [0.1, 0.15) is 44.9 Å². The fourth-order valence-corrected chi connectivity index (χ4v) is 3.59. The van der Waals surface area contributed by atoms with Crippen molar-refractivity contribution < 1.29 is 10.3 Å². The van der Waals surface area contributed by atoms with E-state index in [4.69, 9.17) is 0 Å². The van der Waals surface area contributed by atoms with Crippen molar-refractivity contribution in [3.63, 3.8) is 0 Å².